The maximum absolute atomic E-state index is 13.2. The summed E-state index contributed by atoms with van der Waals surface area (Å²) in [4.78, 5) is 0. The minimum Gasteiger partial charge on any atom is -0.437 e. The zero-order valence-electron chi connectivity index (χ0n) is 10.0. The van der Waals surface area contributed by atoms with Crippen molar-refractivity contribution in [2.24, 2.45) is 10.9 Å². The first-order valence-corrected chi connectivity index (χ1v) is 5.35. The fourth-order valence-corrected chi connectivity index (χ4v) is 1.43. The van der Waals surface area contributed by atoms with Gasteiger partial charge in [0.25, 0.3) is 0 Å². The number of nitrogens with two attached hydrogens (primary N) is 1. The van der Waals surface area contributed by atoms with Crippen LogP contribution in [0.1, 0.15) is 11.1 Å². The van der Waals surface area contributed by atoms with Gasteiger partial charge in [0.2, 0.25) is 5.88 Å². The predicted molar refractivity (Wildman–Crippen MR) is 65.8 cm³/mol. The Morgan fingerprint density at radius 3 is 2.95 bits per heavy atom. The second-order valence-corrected chi connectivity index (χ2v) is 3.75. The quantitative estimate of drug-likeness (QED) is 0.381. The van der Waals surface area contributed by atoms with Crippen LogP contribution in [0.3, 0.4) is 0 Å². The molecule has 2 rings (SSSR count). The highest BCUT2D eigenvalue weighted by atomic mass is 19.1. The van der Waals surface area contributed by atoms with Gasteiger partial charge in [0.05, 0.1) is 11.8 Å². The average Bonchev–Trinajstić information content (AvgIpc) is 2.42. The molecule has 2 aromatic rings. The maximum atomic E-state index is 13.2. The second kappa shape index (κ2) is 5.30. The Hall–Kier alpha value is -2.70. The summed E-state index contributed by atoms with van der Waals surface area (Å²) >= 11 is 0. The number of nitrogens with zero attached hydrogens (tertiary/aromatic N) is 3. The van der Waals surface area contributed by atoms with Gasteiger partial charge in [-0.15, -0.1) is 5.10 Å². The highest BCUT2D eigenvalue weighted by molar-refractivity contribution is 5.98. The molecule has 0 fully saturated rings. The van der Waals surface area contributed by atoms with Gasteiger partial charge in [-0.2, -0.15) is 5.10 Å². The van der Waals surface area contributed by atoms with Crippen molar-refractivity contribution in [1.29, 1.82) is 0 Å². The molecule has 7 heteroatoms. The molecule has 0 aliphatic rings. The molecule has 19 heavy (non-hydrogen) atoms. The molecule has 3 N–H and O–H groups in total. The Morgan fingerprint density at radius 1 is 1.42 bits per heavy atom. The van der Waals surface area contributed by atoms with Crippen LogP contribution in [0.4, 0.5) is 4.39 Å². The Labute approximate surface area is 108 Å². The second-order valence-electron chi connectivity index (χ2n) is 3.75. The number of ether oxygens (including phenoxy) is 1. The smallest absolute Gasteiger partial charge is 0.250 e. The van der Waals surface area contributed by atoms with Crippen molar-refractivity contribution in [2.45, 2.75) is 6.92 Å². The van der Waals surface area contributed by atoms with Gasteiger partial charge in [0.1, 0.15) is 11.6 Å². The van der Waals surface area contributed by atoms with Gasteiger partial charge in [-0.05, 0) is 24.6 Å². The molecule has 0 saturated carbocycles. The number of hydrogen-bond donors (Lipinski definition) is 2. The summed E-state index contributed by atoms with van der Waals surface area (Å²) in [5.41, 5.74) is 6.48. The van der Waals surface area contributed by atoms with Crippen LogP contribution >= 0.6 is 0 Å². The SMILES string of the molecule is Cc1ccc(F)cc1Oc1nnccc1/C(N)=N/O. The summed E-state index contributed by atoms with van der Waals surface area (Å²) < 4.78 is 18.6. The van der Waals surface area contributed by atoms with Crippen molar-refractivity contribution >= 4 is 5.84 Å². The molecule has 0 amide bonds. The minimum atomic E-state index is -0.435. The molecule has 6 nitrogen and oxygen atoms in total. The molecule has 0 unspecified atom stereocenters. The Morgan fingerprint density at radius 2 is 2.21 bits per heavy atom. The fourth-order valence-electron chi connectivity index (χ4n) is 1.43. The van der Waals surface area contributed by atoms with Crippen LogP contribution in [0.2, 0.25) is 0 Å². The normalized spacial score (nSPS) is 11.4. The molecule has 0 spiro atoms. The van der Waals surface area contributed by atoms with Crippen molar-refractivity contribution in [1.82, 2.24) is 10.2 Å². The van der Waals surface area contributed by atoms with Gasteiger partial charge in [0.15, 0.2) is 5.84 Å². The van der Waals surface area contributed by atoms with Gasteiger partial charge >= 0.3 is 0 Å². The number of aryl methyl sites for hydroxylation is 1. The van der Waals surface area contributed by atoms with Gasteiger partial charge in [-0.1, -0.05) is 11.2 Å². The molecular weight excluding hydrogens is 251 g/mol. The number of halogens is 1. The van der Waals surface area contributed by atoms with E-state index in [9.17, 15) is 4.39 Å². The largest absolute Gasteiger partial charge is 0.437 e. The summed E-state index contributed by atoms with van der Waals surface area (Å²) in [7, 11) is 0. The summed E-state index contributed by atoms with van der Waals surface area (Å²) in [6.07, 6.45) is 1.37. The van der Waals surface area contributed by atoms with E-state index in [2.05, 4.69) is 15.4 Å². The minimum absolute atomic E-state index is 0.0338. The molecule has 98 valence electrons. The average molecular weight is 262 g/mol. The van der Waals surface area contributed by atoms with Crippen LogP contribution in [0, 0.1) is 12.7 Å². The topological polar surface area (TPSA) is 93.6 Å². The molecule has 0 radical (unpaired) electrons. The van der Waals surface area contributed by atoms with Gasteiger partial charge in [-0.25, -0.2) is 4.39 Å². The van der Waals surface area contributed by atoms with E-state index >= 15 is 0 Å². The van der Waals surface area contributed by atoms with E-state index in [1.807, 2.05) is 0 Å². The molecule has 1 heterocycles. The number of rotatable bonds is 3. The standard InChI is InChI=1S/C12H11FN4O2/c1-7-2-3-8(13)6-10(7)19-12-9(11(14)17-18)4-5-15-16-12/h2-6,18H,1H3,(H2,14,17). The first-order valence-electron chi connectivity index (χ1n) is 5.35. The van der Waals surface area contributed by atoms with Gasteiger partial charge < -0.3 is 15.7 Å². The van der Waals surface area contributed by atoms with Crippen LogP contribution in [0.25, 0.3) is 0 Å². The molecule has 0 atom stereocenters. The van der Waals surface area contributed by atoms with Crippen molar-refractivity contribution < 1.29 is 14.3 Å². The lowest BCUT2D eigenvalue weighted by molar-refractivity contribution is 0.318. The lowest BCUT2D eigenvalue weighted by Gasteiger charge is -2.10. The molecule has 0 saturated heterocycles. The highest BCUT2D eigenvalue weighted by Gasteiger charge is 2.12. The number of aromatic nitrogens is 2. The first kappa shape index (κ1) is 12.7. The fraction of sp³-hybridized carbons (Fsp3) is 0.0833. The highest BCUT2D eigenvalue weighted by Crippen LogP contribution is 2.26. The monoisotopic (exact) mass is 262 g/mol. The predicted octanol–water partition coefficient (Wildman–Crippen LogP) is 1.81. The third-order valence-corrected chi connectivity index (χ3v) is 2.43. The Balaban J connectivity index is 2.41. The van der Waals surface area contributed by atoms with Gasteiger partial charge in [-0.3, -0.25) is 0 Å². The summed E-state index contributed by atoms with van der Waals surface area (Å²) in [6.45, 7) is 1.76. The van der Waals surface area contributed by atoms with E-state index < -0.39 is 5.82 Å². The van der Waals surface area contributed by atoms with E-state index in [0.29, 0.717) is 0 Å². The van der Waals surface area contributed by atoms with E-state index in [1.165, 1.54) is 24.4 Å². The lowest BCUT2D eigenvalue weighted by Crippen LogP contribution is -2.15. The summed E-state index contributed by atoms with van der Waals surface area (Å²) in [5.74, 6) is -0.284. The zero-order valence-corrected chi connectivity index (χ0v) is 10.0. The molecule has 1 aromatic heterocycles. The van der Waals surface area contributed by atoms with Crippen molar-refractivity contribution in [2.75, 3.05) is 0 Å². The molecule has 0 aliphatic heterocycles. The van der Waals surface area contributed by atoms with Gasteiger partial charge in [0, 0.05) is 6.07 Å². The number of hydrogen-bond acceptors (Lipinski definition) is 5. The molecule has 0 bridgehead atoms. The maximum Gasteiger partial charge on any atom is 0.250 e. The third kappa shape index (κ3) is 2.76. The molecular formula is C12H11FN4O2. The summed E-state index contributed by atoms with van der Waals surface area (Å²) in [6, 6.07) is 5.60. The van der Waals surface area contributed by atoms with E-state index in [4.69, 9.17) is 15.7 Å². The van der Waals surface area contributed by atoms with Crippen LogP contribution in [0.15, 0.2) is 35.6 Å². The first-order chi connectivity index (χ1) is 9.11. The van der Waals surface area contributed by atoms with E-state index in [0.717, 1.165) is 5.56 Å². The molecule has 1 aromatic carbocycles. The van der Waals surface area contributed by atoms with Crippen LogP contribution in [-0.2, 0) is 0 Å². The molecule has 0 aliphatic carbocycles. The van der Waals surface area contributed by atoms with E-state index in [-0.39, 0.29) is 23.0 Å². The van der Waals surface area contributed by atoms with Crippen molar-refractivity contribution in [3.8, 4) is 11.6 Å². The van der Waals surface area contributed by atoms with Crippen LogP contribution in [-0.4, -0.2) is 21.2 Å². The summed E-state index contributed by atoms with van der Waals surface area (Å²) in [5, 5.41) is 18.9. The number of benzene rings is 1. The number of oxime groups is 1. The zero-order chi connectivity index (χ0) is 13.8. The Kier molecular flexibility index (Phi) is 3.56. The van der Waals surface area contributed by atoms with Crippen molar-refractivity contribution in [3.63, 3.8) is 0 Å². The third-order valence-electron chi connectivity index (χ3n) is 2.43. The van der Waals surface area contributed by atoms with E-state index in [1.54, 1.807) is 13.0 Å². The number of amidine groups is 1. The Bertz CT molecular complexity index is 631. The van der Waals surface area contributed by atoms with Crippen LogP contribution < -0.4 is 10.5 Å². The van der Waals surface area contributed by atoms with Crippen LogP contribution in [0.5, 0.6) is 11.6 Å². The van der Waals surface area contributed by atoms with Crippen molar-refractivity contribution in [3.05, 3.63) is 47.4 Å². The lowest BCUT2D eigenvalue weighted by atomic mass is 10.2.